The third kappa shape index (κ3) is 1.48. The Hall–Kier alpha value is -0.860. The number of likely N-dealkylation sites (N-methyl/N-ethyl adjacent to an activating group) is 1. The maximum atomic E-state index is 3.68. The molecule has 1 saturated heterocycles. The van der Waals surface area contributed by atoms with Crippen LogP contribution >= 0.6 is 0 Å². The Morgan fingerprint density at radius 3 is 3.12 bits per heavy atom. The Labute approximate surface area is 97.6 Å². The summed E-state index contributed by atoms with van der Waals surface area (Å²) in [4.78, 5) is 2.51. The molecule has 0 aromatic heterocycles. The van der Waals surface area contributed by atoms with Gasteiger partial charge in [-0.05, 0) is 36.6 Å². The molecule has 1 aromatic rings. The van der Waals surface area contributed by atoms with Gasteiger partial charge in [0.25, 0.3) is 0 Å². The molecule has 1 aromatic carbocycles. The molecule has 3 rings (SSSR count). The maximum Gasteiger partial charge on any atom is 0.0484 e. The van der Waals surface area contributed by atoms with Gasteiger partial charge in [-0.2, -0.15) is 0 Å². The number of hydrogen-bond acceptors (Lipinski definition) is 2. The SMILES string of the molecule is CCc1ccc2c(c1)C1NCCN(C)C1C2. The molecule has 1 aliphatic carbocycles. The summed E-state index contributed by atoms with van der Waals surface area (Å²) in [6, 6.07) is 8.28. The zero-order chi connectivity index (χ0) is 11.1. The quantitative estimate of drug-likeness (QED) is 0.769. The first-order chi connectivity index (χ1) is 7.79. The lowest BCUT2D eigenvalue weighted by molar-refractivity contribution is 0.163. The highest BCUT2D eigenvalue weighted by atomic mass is 15.2. The van der Waals surface area contributed by atoms with Gasteiger partial charge >= 0.3 is 0 Å². The van der Waals surface area contributed by atoms with E-state index in [-0.39, 0.29) is 0 Å². The molecule has 86 valence electrons. The van der Waals surface area contributed by atoms with E-state index in [4.69, 9.17) is 0 Å². The molecule has 1 fully saturated rings. The van der Waals surface area contributed by atoms with E-state index in [1.807, 2.05) is 0 Å². The van der Waals surface area contributed by atoms with Crippen molar-refractivity contribution in [3.63, 3.8) is 0 Å². The summed E-state index contributed by atoms with van der Waals surface area (Å²) in [6.07, 6.45) is 2.36. The van der Waals surface area contributed by atoms with E-state index < -0.39 is 0 Å². The largest absolute Gasteiger partial charge is 0.307 e. The van der Waals surface area contributed by atoms with Crippen LogP contribution in [0.25, 0.3) is 0 Å². The Morgan fingerprint density at radius 2 is 2.31 bits per heavy atom. The summed E-state index contributed by atoms with van der Waals surface area (Å²) in [5, 5.41) is 3.68. The van der Waals surface area contributed by atoms with Crippen molar-refractivity contribution in [1.82, 2.24) is 10.2 Å². The number of nitrogens with zero attached hydrogens (tertiary/aromatic N) is 1. The first-order valence-corrected chi connectivity index (χ1v) is 6.35. The lowest BCUT2D eigenvalue weighted by Gasteiger charge is -2.36. The molecule has 0 saturated carbocycles. The number of rotatable bonds is 1. The minimum absolute atomic E-state index is 0.570. The third-order valence-corrected chi connectivity index (χ3v) is 4.16. The first-order valence-electron chi connectivity index (χ1n) is 6.35. The molecule has 2 unspecified atom stereocenters. The normalized spacial score (nSPS) is 28.9. The molecular weight excluding hydrogens is 196 g/mol. The maximum absolute atomic E-state index is 3.68. The highest BCUT2D eigenvalue weighted by molar-refractivity contribution is 5.40. The predicted octanol–water partition coefficient (Wildman–Crippen LogP) is 1.75. The van der Waals surface area contributed by atoms with Gasteiger partial charge in [0.2, 0.25) is 0 Å². The Balaban J connectivity index is 1.98. The lowest BCUT2D eigenvalue weighted by atomic mass is 10.0. The lowest BCUT2D eigenvalue weighted by Crippen LogP contribution is -2.49. The molecule has 2 heteroatoms. The molecule has 2 aliphatic rings. The summed E-state index contributed by atoms with van der Waals surface area (Å²) in [5.41, 5.74) is 4.57. The fraction of sp³-hybridized carbons (Fsp3) is 0.571. The van der Waals surface area contributed by atoms with Crippen molar-refractivity contribution in [1.29, 1.82) is 0 Å². The van der Waals surface area contributed by atoms with Crippen LogP contribution in [0, 0.1) is 0 Å². The third-order valence-electron chi connectivity index (χ3n) is 4.16. The zero-order valence-electron chi connectivity index (χ0n) is 10.2. The van der Waals surface area contributed by atoms with E-state index in [2.05, 4.69) is 42.4 Å². The first kappa shape index (κ1) is 10.3. The summed E-state index contributed by atoms with van der Waals surface area (Å²) in [5.74, 6) is 0. The highest BCUT2D eigenvalue weighted by Gasteiger charge is 2.36. The number of fused-ring (bicyclic) bond motifs is 3. The van der Waals surface area contributed by atoms with Gasteiger partial charge in [0.15, 0.2) is 0 Å². The number of aryl methyl sites for hydroxylation is 1. The van der Waals surface area contributed by atoms with E-state index >= 15 is 0 Å². The molecule has 2 nitrogen and oxygen atoms in total. The molecule has 2 atom stereocenters. The smallest absolute Gasteiger partial charge is 0.0484 e. The van der Waals surface area contributed by atoms with Crippen molar-refractivity contribution in [2.45, 2.75) is 31.8 Å². The van der Waals surface area contributed by atoms with Crippen molar-refractivity contribution < 1.29 is 0 Å². The van der Waals surface area contributed by atoms with Crippen LogP contribution in [0.15, 0.2) is 18.2 Å². The van der Waals surface area contributed by atoms with Crippen molar-refractivity contribution in [2.24, 2.45) is 0 Å². The zero-order valence-corrected chi connectivity index (χ0v) is 10.2. The van der Waals surface area contributed by atoms with Crippen LogP contribution in [-0.2, 0) is 12.8 Å². The van der Waals surface area contributed by atoms with Gasteiger partial charge in [0.05, 0.1) is 0 Å². The average molecular weight is 216 g/mol. The van der Waals surface area contributed by atoms with E-state index in [0.29, 0.717) is 12.1 Å². The summed E-state index contributed by atoms with van der Waals surface area (Å²) < 4.78 is 0. The van der Waals surface area contributed by atoms with Crippen LogP contribution in [0.5, 0.6) is 0 Å². The predicted molar refractivity (Wildman–Crippen MR) is 66.7 cm³/mol. The second-order valence-corrected chi connectivity index (χ2v) is 5.07. The van der Waals surface area contributed by atoms with E-state index in [1.54, 1.807) is 11.1 Å². The van der Waals surface area contributed by atoms with Crippen molar-refractivity contribution >= 4 is 0 Å². The molecule has 1 aliphatic heterocycles. The van der Waals surface area contributed by atoms with Crippen LogP contribution < -0.4 is 5.32 Å². The van der Waals surface area contributed by atoms with Gasteiger partial charge in [-0.3, -0.25) is 4.90 Å². The van der Waals surface area contributed by atoms with Gasteiger partial charge in [-0.1, -0.05) is 25.1 Å². The van der Waals surface area contributed by atoms with Gasteiger partial charge in [-0.15, -0.1) is 0 Å². The minimum Gasteiger partial charge on any atom is -0.307 e. The molecule has 16 heavy (non-hydrogen) atoms. The number of piperazine rings is 1. The van der Waals surface area contributed by atoms with Crippen LogP contribution in [0.1, 0.15) is 29.7 Å². The van der Waals surface area contributed by atoms with Crippen LogP contribution in [0.4, 0.5) is 0 Å². The Kier molecular flexibility index (Phi) is 2.49. The monoisotopic (exact) mass is 216 g/mol. The van der Waals surface area contributed by atoms with Crippen LogP contribution in [0.2, 0.25) is 0 Å². The Bertz CT molecular complexity index is 400. The molecule has 0 radical (unpaired) electrons. The van der Waals surface area contributed by atoms with E-state index in [9.17, 15) is 0 Å². The Morgan fingerprint density at radius 1 is 1.44 bits per heavy atom. The topological polar surface area (TPSA) is 15.3 Å². The van der Waals surface area contributed by atoms with E-state index in [1.165, 1.54) is 18.5 Å². The second kappa shape index (κ2) is 3.86. The van der Waals surface area contributed by atoms with Gasteiger partial charge in [0.1, 0.15) is 0 Å². The van der Waals surface area contributed by atoms with Crippen LogP contribution in [-0.4, -0.2) is 31.1 Å². The van der Waals surface area contributed by atoms with Crippen molar-refractivity contribution in [2.75, 3.05) is 20.1 Å². The van der Waals surface area contributed by atoms with Gasteiger partial charge < -0.3 is 5.32 Å². The average Bonchev–Trinajstić information content (AvgIpc) is 2.68. The standard InChI is InChI=1S/C14H20N2/c1-3-10-4-5-11-9-13-14(12(11)8-10)15-6-7-16(13)2/h4-5,8,13-15H,3,6-7,9H2,1-2H3. The molecule has 0 amide bonds. The molecule has 1 N–H and O–H groups in total. The fourth-order valence-electron chi connectivity index (χ4n) is 3.11. The second-order valence-electron chi connectivity index (χ2n) is 5.07. The minimum atomic E-state index is 0.570. The molecule has 0 bridgehead atoms. The number of hydrogen-bond donors (Lipinski definition) is 1. The van der Waals surface area contributed by atoms with Crippen molar-refractivity contribution in [3.05, 3.63) is 34.9 Å². The molecule has 0 spiro atoms. The summed E-state index contributed by atoms with van der Waals surface area (Å²) in [6.45, 7) is 4.53. The van der Waals surface area contributed by atoms with Crippen molar-refractivity contribution in [3.8, 4) is 0 Å². The summed E-state index contributed by atoms with van der Waals surface area (Å²) >= 11 is 0. The number of nitrogens with one attached hydrogen (secondary N) is 1. The van der Waals surface area contributed by atoms with Gasteiger partial charge in [-0.25, -0.2) is 0 Å². The summed E-state index contributed by atoms with van der Waals surface area (Å²) in [7, 11) is 2.26. The van der Waals surface area contributed by atoms with Gasteiger partial charge in [0, 0.05) is 25.2 Å². The molecule has 1 heterocycles. The number of benzene rings is 1. The fourth-order valence-corrected chi connectivity index (χ4v) is 3.11. The highest BCUT2D eigenvalue weighted by Crippen LogP contribution is 2.36. The molecular formula is C14H20N2. The van der Waals surface area contributed by atoms with Crippen LogP contribution in [0.3, 0.4) is 0 Å². The van der Waals surface area contributed by atoms with E-state index in [0.717, 1.165) is 13.0 Å².